The number of hydrogen-bond donors (Lipinski definition) is 1. The van der Waals surface area contributed by atoms with E-state index in [1.165, 1.54) is 24.1 Å². The maximum atomic E-state index is 12.3. The Bertz CT molecular complexity index is 733. The summed E-state index contributed by atoms with van der Waals surface area (Å²) in [7, 11) is 1.89. The van der Waals surface area contributed by atoms with Crippen molar-refractivity contribution in [1.29, 1.82) is 0 Å². The minimum atomic E-state index is 0.0145. The van der Waals surface area contributed by atoms with Gasteiger partial charge in [0.05, 0.1) is 17.9 Å². The quantitative estimate of drug-likeness (QED) is 0.940. The zero-order valence-electron chi connectivity index (χ0n) is 14.2. The summed E-state index contributed by atoms with van der Waals surface area (Å²) in [4.78, 5) is 14.2. The molecule has 2 aliphatic rings. The predicted molar refractivity (Wildman–Crippen MR) is 93.2 cm³/mol. The van der Waals surface area contributed by atoms with Gasteiger partial charge < -0.3 is 10.2 Å². The summed E-state index contributed by atoms with van der Waals surface area (Å²) >= 11 is 0. The van der Waals surface area contributed by atoms with Crippen LogP contribution in [0.2, 0.25) is 0 Å². The van der Waals surface area contributed by atoms with Crippen LogP contribution in [0.15, 0.2) is 30.3 Å². The number of urea groups is 1. The summed E-state index contributed by atoms with van der Waals surface area (Å²) in [6, 6.07) is 10.7. The Morgan fingerprint density at radius 2 is 2.04 bits per heavy atom. The van der Waals surface area contributed by atoms with E-state index in [1.807, 2.05) is 30.1 Å². The number of benzene rings is 1. The van der Waals surface area contributed by atoms with Crippen molar-refractivity contribution in [2.75, 3.05) is 7.05 Å². The van der Waals surface area contributed by atoms with Crippen molar-refractivity contribution >= 4 is 6.03 Å². The SMILES string of the molecule is CN(C(=O)NCc1nn(-c2ccccc2)c2c1CCC2)C1CCC1. The van der Waals surface area contributed by atoms with Gasteiger partial charge in [-0.15, -0.1) is 0 Å². The van der Waals surface area contributed by atoms with Gasteiger partial charge in [0.2, 0.25) is 0 Å². The fourth-order valence-corrected chi connectivity index (χ4v) is 3.66. The first kappa shape index (κ1) is 15.2. The van der Waals surface area contributed by atoms with Crippen LogP contribution in [0.3, 0.4) is 0 Å². The van der Waals surface area contributed by atoms with E-state index in [1.54, 1.807) is 0 Å². The molecule has 0 saturated heterocycles. The smallest absolute Gasteiger partial charge is 0.317 e. The highest BCUT2D eigenvalue weighted by molar-refractivity contribution is 5.74. The van der Waals surface area contributed by atoms with E-state index in [2.05, 4.69) is 22.1 Å². The van der Waals surface area contributed by atoms with E-state index in [0.717, 1.165) is 37.1 Å². The number of rotatable bonds is 4. The molecule has 5 nitrogen and oxygen atoms in total. The van der Waals surface area contributed by atoms with Gasteiger partial charge in [0.15, 0.2) is 0 Å². The number of aromatic nitrogens is 2. The lowest BCUT2D eigenvalue weighted by atomic mass is 9.92. The van der Waals surface area contributed by atoms with Crippen LogP contribution in [-0.4, -0.2) is 33.8 Å². The molecule has 1 aromatic heterocycles. The molecule has 1 N–H and O–H groups in total. The number of para-hydroxylation sites is 1. The van der Waals surface area contributed by atoms with Crippen molar-refractivity contribution < 1.29 is 4.79 Å². The first-order valence-corrected chi connectivity index (χ1v) is 8.90. The second kappa shape index (κ2) is 6.30. The first-order chi connectivity index (χ1) is 11.7. The van der Waals surface area contributed by atoms with Crippen LogP contribution in [0.25, 0.3) is 5.69 Å². The highest BCUT2D eigenvalue weighted by atomic mass is 16.2. The van der Waals surface area contributed by atoms with Gasteiger partial charge in [-0.1, -0.05) is 18.2 Å². The average molecular weight is 324 g/mol. The Morgan fingerprint density at radius 1 is 1.25 bits per heavy atom. The molecular formula is C19H24N4O. The number of carbonyl (C=O) groups is 1. The largest absolute Gasteiger partial charge is 0.332 e. The third-order valence-electron chi connectivity index (χ3n) is 5.36. The molecule has 0 unspecified atom stereocenters. The molecule has 1 heterocycles. The molecule has 1 aromatic carbocycles. The second-order valence-electron chi connectivity index (χ2n) is 6.83. The monoisotopic (exact) mass is 324 g/mol. The van der Waals surface area contributed by atoms with E-state index in [9.17, 15) is 4.79 Å². The van der Waals surface area contributed by atoms with Crippen LogP contribution in [-0.2, 0) is 19.4 Å². The van der Waals surface area contributed by atoms with Crippen LogP contribution in [0.5, 0.6) is 0 Å². The molecular weight excluding hydrogens is 300 g/mol. The minimum Gasteiger partial charge on any atom is -0.332 e. The highest BCUT2D eigenvalue weighted by Gasteiger charge is 2.27. The maximum absolute atomic E-state index is 12.3. The summed E-state index contributed by atoms with van der Waals surface area (Å²) in [5.41, 5.74) is 4.74. The predicted octanol–water partition coefficient (Wildman–Crippen LogP) is 3.05. The molecule has 1 fully saturated rings. The summed E-state index contributed by atoms with van der Waals surface area (Å²) in [6.07, 6.45) is 6.78. The topological polar surface area (TPSA) is 50.2 Å². The van der Waals surface area contributed by atoms with Crippen LogP contribution < -0.4 is 5.32 Å². The summed E-state index contributed by atoms with van der Waals surface area (Å²) in [6.45, 7) is 0.512. The van der Waals surface area contributed by atoms with Crippen molar-refractivity contribution in [1.82, 2.24) is 20.0 Å². The van der Waals surface area contributed by atoms with Gasteiger partial charge in [0.25, 0.3) is 0 Å². The van der Waals surface area contributed by atoms with E-state index in [4.69, 9.17) is 5.10 Å². The number of amides is 2. The summed E-state index contributed by atoms with van der Waals surface area (Å²) in [5.74, 6) is 0. The Balaban J connectivity index is 1.51. The molecule has 5 heteroatoms. The summed E-state index contributed by atoms with van der Waals surface area (Å²) < 4.78 is 2.06. The van der Waals surface area contributed by atoms with Crippen molar-refractivity contribution in [3.8, 4) is 5.69 Å². The third kappa shape index (κ3) is 2.68. The minimum absolute atomic E-state index is 0.0145. The Hall–Kier alpha value is -2.30. The lowest BCUT2D eigenvalue weighted by molar-refractivity contribution is 0.157. The van der Waals surface area contributed by atoms with Crippen molar-refractivity contribution in [2.24, 2.45) is 0 Å². The Kier molecular flexibility index (Phi) is 4.00. The fraction of sp³-hybridized carbons (Fsp3) is 0.474. The van der Waals surface area contributed by atoms with Crippen LogP contribution in [0.4, 0.5) is 4.79 Å². The fourth-order valence-electron chi connectivity index (χ4n) is 3.66. The zero-order chi connectivity index (χ0) is 16.5. The first-order valence-electron chi connectivity index (χ1n) is 8.90. The number of carbonyl (C=O) groups excluding carboxylic acids is 1. The second-order valence-corrected chi connectivity index (χ2v) is 6.83. The van der Waals surface area contributed by atoms with Crippen molar-refractivity contribution in [3.63, 3.8) is 0 Å². The molecule has 24 heavy (non-hydrogen) atoms. The van der Waals surface area contributed by atoms with E-state index >= 15 is 0 Å². The van der Waals surface area contributed by atoms with E-state index in [0.29, 0.717) is 12.6 Å². The number of nitrogens with zero attached hydrogens (tertiary/aromatic N) is 3. The number of hydrogen-bond acceptors (Lipinski definition) is 2. The van der Waals surface area contributed by atoms with E-state index < -0.39 is 0 Å². The van der Waals surface area contributed by atoms with Gasteiger partial charge in [-0.05, 0) is 56.2 Å². The van der Waals surface area contributed by atoms with Gasteiger partial charge in [-0.2, -0.15) is 5.10 Å². The molecule has 2 aromatic rings. The van der Waals surface area contributed by atoms with Crippen molar-refractivity contribution in [2.45, 2.75) is 51.1 Å². The Labute approximate surface area is 142 Å². The van der Waals surface area contributed by atoms with Gasteiger partial charge in [0.1, 0.15) is 0 Å². The van der Waals surface area contributed by atoms with Crippen molar-refractivity contribution in [3.05, 3.63) is 47.3 Å². The van der Waals surface area contributed by atoms with Gasteiger partial charge in [-0.25, -0.2) is 9.48 Å². The summed E-state index contributed by atoms with van der Waals surface area (Å²) in [5, 5.41) is 7.85. The maximum Gasteiger partial charge on any atom is 0.317 e. The molecule has 0 spiro atoms. The molecule has 126 valence electrons. The zero-order valence-corrected chi connectivity index (χ0v) is 14.2. The lowest BCUT2D eigenvalue weighted by Crippen LogP contribution is -2.46. The lowest BCUT2D eigenvalue weighted by Gasteiger charge is -2.34. The van der Waals surface area contributed by atoms with Crippen LogP contribution >= 0.6 is 0 Å². The molecule has 0 radical (unpaired) electrons. The molecule has 2 amide bonds. The van der Waals surface area contributed by atoms with Gasteiger partial charge in [-0.3, -0.25) is 0 Å². The molecule has 0 atom stereocenters. The van der Waals surface area contributed by atoms with Gasteiger partial charge >= 0.3 is 6.03 Å². The van der Waals surface area contributed by atoms with Crippen LogP contribution in [0.1, 0.15) is 42.6 Å². The van der Waals surface area contributed by atoms with Gasteiger partial charge in [0, 0.05) is 18.8 Å². The normalized spacial score (nSPS) is 16.5. The standard InChI is InChI=1S/C19H24N4O/c1-22(14-9-5-10-14)19(24)20-13-17-16-11-6-12-18(16)23(21-17)15-7-3-2-4-8-15/h2-4,7-8,14H,5-6,9-13H2,1H3,(H,20,24). The molecule has 2 aliphatic carbocycles. The molecule has 0 bridgehead atoms. The highest BCUT2D eigenvalue weighted by Crippen LogP contribution is 2.28. The average Bonchev–Trinajstić information content (AvgIpc) is 3.14. The molecule has 0 aliphatic heterocycles. The number of fused-ring (bicyclic) bond motifs is 1. The van der Waals surface area contributed by atoms with Crippen LogP contribution in [0, 0.1) is 0 Å². The Morgan fingerprint density at radius 3 is 2.75 bits per heavy atom. The molecule has 4 rings (SSSR count). The third-order valence-corrected chi connectivity index (χ3v) is 5.36. The molecule has 1 saturated carbocycles. The number of nitrogens with one attached hydrogen (secondary N) is 1. The van der Waals surface area contributed by atoms with E-state index in [-0.39, 0.29) is 6.03 Å².